The summed E-state index contributed by atoms with van der Waals surface area (Å²) in [4.78, 5) is 11.3. The summed E-state index contributed by atoms with van der Waals surface area (Å²) >= 11 is 0. The molecule has 2 rings (SSSR count). The van der Waals surface area contributed by atoms with E-state index in [2.05, 4.69) is 10.6 Å². The monoisotopic (exact) mass is 197 g/mol. The zero-order valence-electron chi connectivity index (χ0n) is 8.46. The number of piperidine rings is 2. The summed E-state index contributed by atoms with van der Waals surface area (Å²) < 4.78 is 0. The number of carbonyl (C=O) groups excluding carboxylic acids is 1. The Balaban J connectivity index is 1.95. The molecule has 0 aromatic rings. The molecular weight excluding hydrogens is 178 g/mol. The second-order valence-electron chi connectivity index (χ2n) is 4.38. The zero-order chi connectivity index (χ0) is 9.97. The minimum absolute atomic E-state index is 0.163. The average Bonchev–Trinajstić information content (AvgIpc) is 2.23. The molecule has 80 valence electrons. The molecule has 2 fully saturated rings. The van der Waals surface area contributed by atoms with Gasteiger partial charge in [-0.15, -0.1) is 0 Å². The fourth-order valence-electron chi connectivity index (χ4n) is 2.51. The lowest BCUT2D eigenvalue weighted by Crippen LogP contribution is -2.57. The van der Waals surface area contributed by atoms with Crippen LogP contribution in [0, 0.1) is 5.92 Å². The van der Waals surface area contributed by atoms with E-state index in [0.717, 1.165) is 32.4 Å². The molecule has 0 spiro atoms. The van der Waals surface area contributed by atoms with Gasteiger partial charge in [-0.05, 0) is 38.3 Å². The molecule has 0 bridgehead atoms. The average molecular weight is 197 g/mol. The minimum atomic E-state index is 0.163. The highest BCUT2D eigenvalue weighted by Crippen LogP contribution is 2.22. The first-order chi connectivity index (χ1) is 6.77. The maximum atomic E-state index is 11.3. The summed E-state index contributed by atoms with van der Waals surface area (Å²) in [6.07, 6.45) is 3.72. The molecule has 0 aromatic heterocycles. The van der Waals surface area contributed by atoms with Crippen LogP contribution in [0.5, 0.6) is 0 Å². The zero-order valence-corrected chi connectivity index (χ0v) is 8.46. The Kier molecular flexibility index (Phi) is 3.03. The van der Waals surface area contributed by atoms with Crippen molar-refractivity contribution < 1.29 is 4.79 Å². The predicted molar refractivity (Wildman–Crippen MR) is 54.7 cm³/mol. The summed E-state index contributed by atoms with van der Waals surface area (Å²) in [5.41, 5.74) is 6.04. The Hall–Kier alpha value is -0.610. The van der Waals surface area contributed by atoms with Crippen molar-refractivity contribution in [2.24, 2.45) is 11.7 Å². The Morgan fingerprint density at radius 1 is 1.21 bits per heavy atom. The van der Waals surface area contributed by atoms with Crippen LogP contribution in [0.3, 0.4) is 0 Å². The number of nitrogens with two attached hydrogens (primary N) is 1. The van der Waals surface area contributed by atoms with Crippen LogP contribution in [0.15, 0.2) is 0 Å². The third kappa shape index (κ3) is 2.07. The van der Waals surface area contributed by atoms with Gasteiger partial charge in [-0.25, -0.2) is 0 Å². The van der Waals surface area contributed by atoms with Crippen LogP contribution in [0.1, 0.15) is 25.7 Å². The minimum Gasteiger partial charge on any atom is -0.352 e. The van der Waals surface area contributed by atoms with E-state index in [0.29, 0.717) is 12.3 Å². The lowest BCUT2D eigenvalue weighted by Gasteiger charge is -2.37. The fourth-order valence-corrected chi connectivity index (χ4v) is 2.51. The quantitative estimate of drug-likeness (QED) is 0.535. The highest BCUT2D eigenvalue weighted by atomic mass is 16.1. The van der Waals surface area contributed by atoms with Crippen LogP contribution >= 0.6 is 0 Å². The maximum absolute atomic E-state index is 11.3. The molecule has 4 nitrogen and oxygen atoms in total. The van der Waals surface area contributed by atoms with E-state index in [1.807, 2.05) is 0 Å². The van der Waals surface area contributed by atoms with Gasteiger partial charge in [0.05, 0.1) is 0 Å². The largest absolute Gasteiger partial charge is 0.352 e. The number of rotatable bonds is 1. The fraction of sp³-hybridized carbons (Fsp3) is 0.900. The van der Waals surface area contributed by atoms with E-state index in [-0.39, 0.29) is 18.0 Å². The molecule has 2 aliphatic rings. The molecule has 2 atom stereocenters. The van der Waals surface area contributed by atoms with Gasteiger partial charge in [0.15, 0.2) is 0 Å². The number of amides is 1. The summed E-state index contributed by atoms with van der Waals surface area (Å²) in [6, 6.07) is 0.383. The van der Waals surface area contributed by atoms with E-state index in [1.54, 1.807) is 0 Å². The summed E-state index contributed by atoms with van der Waals surface area (Å²) in [7, 11) is 0. The third-order valence-electron chi connectivity index (χ3n) is 3.39. The summed E-state index contributed by atoms with van der Waals surface area (Å²) in [5, 5.41) is 6.37. The van der Waals surface area contributed by atoms with Gasteiger partial charge in [-0.2, -0.15) is 0 Å². The smallest absolute Gasteiger partial charge is 0.220 e. The second-order valence-corrected chi connectivity index (χ2v) is 4.38. The van der Waals surface area contributed by atoms with E-state index >= 15 is 0 Å². The van der Waals surface area contributed by atoms with Gasteiger partial charge in [-0.1, -0.05) is 0 Å². The van der Waals surface area contributed by atoms with Crippen LogP contribution in [-0.4, -0.2) is 31.1 Å². The highest BCUT2D eigenvalue weighted by molar-refractivity contribution is 5.77. The third-order valence-corrected chi connectivity index (χ3v) is 3.39. The molecule has 2 aliphatic heterocycles. The molecule has 0 saturated carbocycles. The molecule has 14 heavy (non-hydrogen) atoms. The van der Waals surface area contributed by atoms with Crippen molar-refractivity contribution in [1.82, 2.24) is 10.6 Å². The summed E-state index contributed by atoms with van der Waals surface area (Å²) in [6.45, 7) is 2.12. The van der Waals surface area contributed by atoms with Crippen LogP contribution < -0.4 is 16.4 Å². The van der Waals surface area contributed by atoms with E-state index in [9.17, 15) is 4.79 Å². The molecule has 1 amide bonds. The molecule has 2 heterocycles. The van der Waals surface area contributed by atoms with Gasteiger partial charge in [0.1, 0.15) is 0 Å². The van der Waals surface area contributed by atoms with Crippen molar-refractivity contribution in [1.29, 1.82) is 0 Å². The normalized spacial score (nSPS) is 35.4. The van der Waals surface area contributed by atoms with Gasteiger partial charge in [0.2, 0.25) is 5.91 Å². The van der Waals surface area contributed by atoms with Crippen LogP contribution in [0.25, 0.3) is 0 Å². The van der Waals surface area contributed by atoms with Gasteiger partial charge < -0.3 is 16.4 Å². The van der Waals surface area contributed by atoms with Crippen molar-refractivity contribution in [3.63, 3.8) is 0 Å². The molecule has 2 saturated heterocycles. The van der Waals surface area contributed by atoms with Gasteiger partial charge in [-0.3, -0.25) is 4.79 Å². The standard InChI is InChI=1S/C10H19N3O/c11-8-1-2-9(14)13-10(8)7-3-5-12-6-4-7/h7-8,10,12H,1-6,11H2,(H,13,14)/t8-,10-/m0/s1. The van der Waals surface area contributed by atoms with Crippen LogP contribution in [-0.2, 0) is 4.79 Å². The topological polar surface area (TPSA) is 67.2 Å². The van der Waals surface area contributed by atoms with E-state index in [1.165, 1.54) is 0 Å². The van der Waals surface area contributed by atoms with E-state index < -0.39 is 0 Å². The van der Waals surface area contributed by atoms with Crippen LogP contribution in [0.4, 0.5) is 0 Å². The Morgan fingerprint density at radius 3 is 2.64 bits per heavy atom. The van der Waals surface area contributed by atoms with Gasteiger partial charge in [0.25, 0.3) is 0 Å². The first kappa shape index (κ1) is 9.93. The first-order valence-corrected chi connectivity index (χ1v) is 5.53. The first-order valence-electron chi connectivity index (χ1n) is 5.53. The molecule has 0 radical (unpaired) electrons. The highest BCUT2D eigenvalue weighted by Gasteiger charge is 2.32. The second kappa shape index (κ2) is 4.28. The summed E-state index contributed by atoms with van der Waals surface area (Å²) in [5.74, 6) is 0.755. The SMILES string of the molecule is N[C@H]1CCC(=O)N[C@H]1C1CCNCC1. The molecule has 0 aliphatic carbocycles. The van der Waals surface area contributed by atoms with Crippen LogP contribution in [0.2, 0.25) is 0 Å². The Labute approximate surface area is 84.6 Å². The molecule has 0 aromatic carbocycles. The maximum Gasteiger partial charge on any atom is 0.220 e. The van der Waals surface area contributed by atoms with Crippen molar-refractivity contribution >= 4 is 5.91 Å². The van der Waals surface area contributed by atoms with Crippen molar-refractivity contribution in [3.05, 3.63) is 0 Å². The van der Waals surface area contributed by atoms with Crippen molar-refractivity contribution in [2.45, 2.75) is 37.8 Å². The molecule has 0 unspecified atom stereocenters. The number of nitrogens with one attached hydrogen (secondary N) is 2. The Bertz CT molecular complexity index is 213. The van der Waals surface area contributed by atoms with E-state index in [4.69, 9.17) is 5.73 Å². The Morgan fingerprint density at radius 2 is 1.93 bits per heavy atom. The number of hydrogen-bond donors (Lipinski definition) is 3. The van der Waals surface area contributed by atoms with Crippen molar-refractivity contribution in [2.75, 3.05) is 13.1 Å². The van der Waals surface area contributed by atoms with Gasteiger partial charge >= 0.3 is 0 Å². The lowest BCUT2D eigenvalue weighted by atomic mass is 9.83. The van der Waals surface area contributed by atoms with Gasteiger partial charge in [0, 0.05) is 18.5 Å². The van der Waals surface area contributed by atoms with Crippen molar-refractivity contribution in [3.8, 4) is 0 Å². The predicted octanol–water partition coefficient (Wildman–Crippen LogP) is -0.408. The lowest BCUT2D eigenvalue weighted by molar-refractivity contribution is -0.124. The molecular formula is C10H19N3O. The molecule has 4 heteroatoms. The number of carbonyl (C=O) groups is 1. The molecule has 4 N–H and O–H groups in total. The number of hydrogen-bond acceptors (Lipinski definition) is 3.